The van der Waals surface area contributed by atoms with Crippen LogP contribution in [-0.2, 0) is 20.9 Å². The molecule has 0 saturated carbocycles. The lowest BCUT2D eigenvalue weighted by Crippen LogP contribution is -2.55. The van der Waals surface area contributed by atoms with Crippen molar-refractivity contribution in [2.75, 3.05) is 26.9 Å². The molecule has 2 aliphatic rings. The maximum atomic E-state index is 13.5. The van der Waals surface area contributed by atoms with Gasteiger partial charge in [0, 0.05) is 31.3 Å². The molecule has 0 spiro atoms. The number of hydrogen-bond acceptors (Lipinski definition) is 6. The summed E-state index contributed by atoms with van der Waals surface area (Å²) in [5.74, 6) is -1.05. The number of carbonyl (C=O) groups is 2. The van der Waals surface area contributed by atoms with Crippen LogP contribution in [0.4, 0.5) is 4.39 Å². The fourth-order valence-corrected chi connectivity index (χ4v) is 4.67. The number of para-hydroxylation sites is 1. The van der Waals surface area contributed by atoms with Gasteiger partial charge in [-0.15, -0.1) is 0 Å². The highest BCUT2D eigenvalue weighted by atomic mass is 19.1. The van der Waals surface area contributed by atoms with Crippen molar-refractivity contribution in [2.45, 2.75) is 37.1 Å². The van der Waals surface area contributed by atoms with E-state index in [-0.39, 0.29) is 38.6 Å². The van der Waals surface area contributed by atoms with E-state index in [9.17, 15) is 24.2 Å². The van der Waals surface area contributed by atoms with E-state index < -0.39 is 35.9 Å². The van der Waals surface area contributed by atoms with Crippen LogP contribution in [0.15, 0.2) is 60.2 Å². The number of aliphatic hydroxyl groups is 2. The fraction of sp³-hybridized carbons (Fsp3) is 0.385. The van der Waals surface area contributed by atoms with Gasteiger partial charge < -0.3 is 29.9 Å². The fourth-order valence-electron chi connectivity index (χ4n) is 4.67. The highest BCUT2D eigenvalue weighted by molar-refractivity contribution is 5.96. The van der Waals surface area contributed by atoms with E-state index in [0.717, 1.165) is 5.56 Å². The number of carbonyl (C=O) groups excluding carboxylic acids is 2. The second kappa shape index (κ2) is 11.0. The van der Waals surface area contributed by atoms with E-state index in [0.29, 0.717) is 16.9 Å². The van der Waals surface area contributed by atoms with Crippen LogP contribution in [0.3, 0.4) is 0 Å². The summed E-state index contributed by atoms with van der Waals surface area (Å²) >= 11 is 0. The maximum absolute atomic E-state index is 13.5. The van der Waals surface area contributed by atoms with Crippen LogP contribution in [0.2, 0.25) is 0 Å². The molecular formula is C26H29FN2O6. The van der Waals surface area contributed by atoms with Gasteiger partial charge in [0.05, 0.1) is 31.6 Å². The predicted octanol–water partition coefficient (Wildman–Crippen LogP) is 1.51. The first-order chi connectivity index (χ1) is 16.9. The van der Waals surface area contributed by atoms with Crippen LogP contribution in [0, 0.1) is 5.82 Å². The van der Waals surface area contributed by atoms with E-state index in [1.54, 1.807) is 24.3 Å². The van der Waals surface area contributed by atoms with Crippen molar-refractivity contribution in [3.8, 4) is 5.75 Å². The third-order valence-corrected chi connectivity index (χ3v) is 6.34. The van der Waals surface area contributed by atoms with Crippen LogP contribution in [0.5, 0.6) is 5.75 Å². The van der Waals surface area contributed by atoms with E-state index in [2.05, 4.69) is 5.32 Å². The van der Waals surface area contributed by atoms with Crippen molar-refractivity contribution < 1.29 is 33.7 Å². The van der Waals surface area contributed by atoms with Crippen LogP contribution in [0.25, 0.3) is 0 Å². The van der Waals surface area contributed by atoms with Gasteiger partial charge in [0.2, 0.25) is 11.8 Å². The van der Waals surface area contributed by atoms with Crippen molar-refractivity contribution in [1.82, 2.24) is 10.2 Å². The molecule has 8 nitrogen and oxygen atoms in total. The Hall–Kier alpha value is -3.27. The lowest BCUT2D eigenvalue weighted by atomic mass is 9.77. The lowest BCUT2D eigenvalue weighted by molar-refractivity contribution is -0.139. The van der Waals surface area contributed by atoms with E-state index >= 15 is 0 Å². The molecule has 4 atom stereocenters. The zero-order valence-corrected chi connectivity index (χ0v) is 19.4. The van der Waals surface area contributed by atoms with Gasteiger partial charge in [-0.1, -0.05) is 30.3 Å². The number of fused-ring (bicyclic) bond motifs is 3. The quantitative estimate of drug-likeness (QED) is 0.498. The van der Waals surface area contributed by atoms with Gasteiger partial charge in [0.25, 0.3) is 0 Å². The first-order valence-electron chi connectivity index (χ1n) is 11.5. The van der Waals surface area contributed by atoms with Gasteiger partial charge in [-0.2, -0.15) is 0 Å². The van der Waals surface area contributed by atoms with Crippen LogP contribution in [-0.4, -0.2) is 72.0 Å². The summed E-state index contributed by atoms with van der Waals surface area (Å²) in [7, 11) is 1.49. The van der Waals surface area contributed by atoms with Gasteiger partial charge in [-0.3, -0.25) is 9.59 Å². The minimum atomic E-state index is -1.13. The number of rotatable bonds is 9. The van der Waals surface area contributed by atoms with Crippen LogP contribution < -0.4 is 10.1 Å². The topological polar surface area (TPSA) is 108 Å². The third-order valence-electron chi connectivity index (χ3n) is 6.34. The Morgan fingerprint density at radius 2 is 1.91 bits per heavy atom. The molecule has 1 aliphatic carbocycles. The summed E-state index contributed by atoms with van der Waals surface area (Å²) in [5, 5.41) is 23.3. The second-order valence-electron chi connectivity index (χ2n) is 8.57. The largest absolute Gasteiger partial charge is 0.486 e. The first-order valence-corrected chi connectivity index (χ1v) is 11.5. The Morgan fingerprint density at radius 1 is 1.17 bits per heavy atom. The molecule has 3 N–H and O–H groups in total. The van der Waals surface area contributed by atoms with Crippen molar-refractivity contribution >= 4 is 11.8 Å². The molecule has 2 amide bonds. The Morgan fingerprint density at radius 3 is 2.63 bits per heavy atom. The SMILES string of the molecule is COCCC(=O)N(Cc1ccc(F)cc1)[C@@H]1C=C(C(=O)NCCO)[C@@H]2c3ccccc3O[C@@H]2[C@H]1O. The monoisotopic (exact) mass is 484 g/mol. The number of aliphatic hydroxyl groups excluding tert-OH is 2. The molecule has 35 heavy (non-hydrogen) atoms. The van der Waals surface area contributed by atoms with Gasteiger partial charge >= 0.3 is 0 Å². The standard InChI is InChI=1S/C26H29FN2O6/c1-34-13-10-22(31)29(15-16-6-8-17(27)9-7-16)20-14-19(26(33)28-11-12-30)23-18-4-2-3-5-21(18)35-25(23)24(20)32/h2-9,14,20,23-25,30,32H,10-13,15H2,1H3,(H,28,33)/t20-,23+,24+,25+/m1/s1. The average Bonchev–Trinajstić information content (AvgIpc) is 3.26. The third kappa shape index (κ3) is 5.22. The average molecular weight is 485 g/mol. The summed E-state index contributed by atoms with van der Waals surface area (Å²) in [6, 6.07) is 12.1. The molecular weight excluding hydrogens is 455 g/mol. The molecule has 0 aromatic heterocycles. The van der Waals surface area contributed by atoms with Gasteiger partial charge in [0.15, 0.2) is 0 Å². The van der Waals surface area contributed by atoms with Crippen molar-refractivity contribution in [2.24, 2.45) is 0 Å². The smallest absolute Gasteiger partial charge is 0.247 e. The van der Waals surface area contributed by atoms with Gasteiger partial charge in [-0.25, -0.2) is 4.39 Å². The minimum Gasteiger partial charge on any atom is -0.486 e. The van der Waals surface area contributed by atoms with E-state index in [4.69, 9.17) is 9.47 Å². The zero-order valence-electron chi connectivity index (χ0n) is 19.4. The number of halogens is 1. The summed E-state index contributed by atoms with van der Waals surface area (Å²) in [5.41, 5.74) is 1.80. The summed E-state index contributed by atoms with van der Waals surface area (Å²) < 4.78 is 24.6. The van der Waals surface area contributed by atoms with Gasteiger partial charge in [-0.05, 0) is 29.8 Å². The molecule has 0 bridgehead atoms. The Labute approximate surface area is 203 Å². The molecule has 2 aromatic rings. The van der Waals surface area contributed by atoms with Crippen LogP contribution in [0.1, 0.15) is 23.5 Å². The minimum absolute atomic E-state index is 0.0648. The lowest BCUT2D eigenvalue weighted by Gasteiger charge is -2.40. The van der Waals surface area contributed by atoms with E-state index in [1.165, 1.54) is 24.1 Å². The molecule has 4 rings (SSSR count). The first kappa shape index (κ1) is 24.8. The Kier molecular flexibility index (Phi) is 7.80. The predicted molar refractivity (Wildman–Crippen MR) is 125 cm³/mol. The Balaban J connectivity index is 1.74. The molecule has 0 radical (unpaired) electrons. The molecule has 1 heterocycles. The highest BCUT2D eigenvalue weighted by Crippen LogP contribution is 2.47. The van der Waals surface area contributed by atoms with Crippen molar-refractivity contribution in [1.29, 1.82) is 0 Å². The molecule has 0 unspecified atom stereocenters. The number of hydrogen-bond donors (Lipinski definition) is 3. The molecule has 9 heteroatoms. The number of methoxy groups -OCH3 is 1. The second-order valence-corrected chi connectivity index (χ2v) is 8.57. The van der Waals surface area contributed by atoms with Crippen molar-refractivity contribution in [3.63, 3.8) is 0 Å². The highest BCUT2D eigenvalue weighted by Gasteiger charge is 2.50. The maximum Gasteiger partial charge on any atom is 0.247 e. The summed E-state index contributed by atoms with van der Waals surface area (Å²) in [6.45, 7) is 0.119. The summed E-state index contributed by atoms with van der Waals surface area (Å²) in [6.07, 6.45) is -0.245. The molecule has 0 saturated heterocycles. The zero-order chi connectivity index (χ0) is 24.9. The molecule has 186 valence electrons. The van der Waals surface area contributed by atoms with Crippen molar-refractivity contribution in [3.05, 3.63) is 77.1 Å². The normalized spacial score (nSPS) is 22.5. The molecule has 1 aliphatic heterocycles. The molecule has 2 aromatic carbocycles. The van der Waals surface area contributed by atoms with Crippen LogP contribution >= 0.6 is 0 Å². The number of nitrogens with one attached hydrogen (secondary N) is 1. The number of amides is 2. The number of ether oxygens (including phenoxy) is 2. The number of benzene rings is 2. The van der Waals surface area contributed by atoms with Gasteiger partial charge in [0.1, 0.15) is 23.8 Å². The Bertz CT molecular complexity index is 1090. The van der Waals surface area contributed by atoms with E-state index in [1.807, 2.05) is 18.2 Å². The molecule has 0 fully saturated rings. The number of nitrogens with zero attached hydrogens (tertiary/aromatic N) is 1. The summed E-state index contributed by atoms with van der Waals surface area (Å²) in [4.78, 5) is 27.8.